The molecule has 1 N–H and O–H groups in total. The first-order valence-electron chi connectivity index (χ1n) is 5.27. The van der Waals surface area contributed by atoms with Crippen LogP contribution in [0, 0.1) is 11.7 Å². The Labute approximate surface area is 114 Å². The van der Waals surface area contributed by atoms with Crippen molar-refractivity contribution < 1.29 is 9.18 Å². The number of amides is 1. The third kappa shape index (κ3) is 3.96. The maximum absolute atomic E-state index is 13.0. The number of benzene rings is 1. The van der Waals surface area contributed by atoms with Crippen LogP contribution < -0.4 is 5.32 Å². The molecule has 1 amide bonds. The summed E-state index contributed by atoms with van der Waals surface area (Å²) >= 11 is 8.93. The number of rotatable bonds is 4. The predicted octanol–water partition coefficient (Wildman–Crippen LogP) is 3.58. The number of hydrogen-bond acceptors (Lipinski definition) is 1. The fraction of sp³-hybridized carbons (Fsp3) is 0.417. The van der Waals surface area contributed by atoms with Crippen LogP contribution in [0.1, 0.15) is 24.2 Å². The molecule has 2 atom stereocenters. The molecule has 0 saturated carbocycles. The molecule has 5 heteroatoms. The van der Waals surface area contributed by atoms with E-state index in [-0.39, 0.29) is 17.9 Å². The summed E-state index contributed by atoms with van der Waals surface area (Å²) in [6.07, 6.45) is 0. The normalized spacial score (nSPS) is 14.2. The average molecular weight is 323 g/mol. The second-order valence-corrected chi connectivity index (χ2v) is 5.18. The van der Waals surface area contributed by atoms with E-state index in [0.717, 1.165) is 0 Å². The molecule has 0 radical (unpaired) electrons. The first-order chi connectivity index (χ1) is 7.95. The lowest BCUT2D eigenvalue weighted by molar-refractivity contribution is 0.0929. The van der Waals surface area contributed by atoms with E-state index in [1.807, 2.05) is 13.8 Å². The van der Waals surface area contributed by atoms with Crippen LogP contribution in [-0.4, -0.2) is 17.8 Å². The van der Waals surface area contributed by atoms with Crippen LogP contribution in [-0.2, 0) is 0 Å². The first kappa shape index (κ1) is 14.5. The molecule has 94 valence electrons. The van der Waals surface area contributed by atoms with Gasteiger partial charge in [-0.25, -0.2) is 4.39 Å². The van der Waals surface area contributed by atoms with Crippen LogP contribution in [0.5, 0.6) is 0 Å². The van der Waals surface area contributed by atoms with Crippen molar-refractivity contribution in [1.82, 2.24) is 5.32 Å². The number of halogens is 3. The number of carbonyl (C=O) groups excluding carboxylic acids is 1. The number of hydrogen-bond donors (Lipinski definition) is 1. The second-order valence-electron chi connectivity index (χ2n) is 4.02. The standard InChI is InChI=1S/C12H14BrClFNO/c1-7(6-14)8(2)16-12(17)10-5-9(15)3-4-11(10)13/h3-5,7-8H,6H2,1-2H3,(H,16,17). The highest BCUT2D eigenvalue weighted by molar-refractivity contribution is 9.10. The van der Waals surface area contributed by atoms with Gasteiger partial charge in [0, 0.05) is 16.4 Å². The number of nitrogens with one attached hydrogen (secondary N) is 1. The minimum absolute atomic E-state index is 0.0600. The van der Waals surface area contributed by atoms with Crippen LogP contribution in [0.3, 0.4) is 0 Å². The van der Waals surface area contributed by atoms with E-state index in [1.165, 1.54) is 18.2 Å². The molecule has 2 nitrogen and oxygen atoms in total. The summed E-state index contributed by atoms with van der Waals surface area (Å²) in [5.41, 5.74) is 0.290. The van der Waals surface area contributed by atoms with Crippen molar-refractivity contribution in [3.8, 4) is 0 Å². The molecule has 1 aromatic rings. The fourth-order valence-electron chi connectivity index (χ4n) is 1.23. The van der Waals surface area contributed by atoms with Gasteiger partial charge in [-0.3, -0.25) is 4.79 Å². The van der Waals surface area contributed by atoms with Crippen molar-refractivity contribution in [3.05, 3.63) is 34.1 Å². The number of carbonyl (C=O) groups is 1. The molecule has 0 aromatic heterocycles. The lowest BCUT2D eigenvalue weighted by Gasteiger charge is -2.19. The largest absolute Gasteiger partial charge is 0.349 e. The van der Waals surface area contributed by atoms with E-state index < -0.39 is 5.82 Å². The van der Waals surface area contributed by atoms with Gasteiger partial charge in [-0.2, -0.15) is 0 Å². The van der Waals surface area contributed by atoms with E-state index >= 15 is 0 Å². The molecule has 17 heavy (non-hydrogen) atoms. The van der Waals surface area contributed by atoms with Crippen molar-refractivity contribution >= 4 is 33.4 Å². The van der Waals surface area contributed by atoms with Crippen LogP contribution in [0.4, 0.5) is 4.39 Å². The molecular formula is C12H14BrClFNO. The van der Waals surface area contributed by atoms with Crippen molar-refractivity contribution in [2.24, 2.45) is 5.92 Å². The summed E-state index contributed by atoms with van der Waals surface area (Å²) in [6.45, 7) is 3.82. The summed E-state index contributed by atoms with van der Waals surface area (Å²) in [7, 11) is 0. The molecule has 0 spiro atoms. The molecule has 0 heterocycles. The molecule has 1 aromatic carbocycles. The van der Waals surface area contributed by atoms with Gasteiger partial charge in [-0.15, -0.1) is 11.6 Å². The Bertz CT molecular complexity index is 413. The monoisotopic (exact) mass is 321 g/mol. The summed E-state index contributed by atoms with van der Waals surface area (Å²) in [5.74, 6) is -0.114. The lowest BCUT2D eigenvalue weighted by Crippen LogP contribution is -2.37. The third-order valence-electron chi connectivity index (χ3n) is 2.63. The molecule has 0 aliphatic rings. The minimum atomic E-state index is -0.434. The minimum Gasteiger partial charge on any atom is -0.349 e. The zero-order chi connectivity index (χ0) is 13.0. The van der Waals surface area contributed by atoms with Gasteiger partial charge in [0.05, 0.1) is 5.56 Å². The highest BCUT2D eigenvalue weighted by Crippen LogP contribution is 2.18. The highest BCUT2D eigenvalue weighted by Gasteiger charge is 2.17. The summed E-state index contributed by atoms with van der Waals surface area (Å²) in [5, 5.41) is 2.79. The smallest absolute Gasteiger partial charge is 0.252 e. The Morgan fingerprint density at radius 3 is 2.76 bits per heavy atom. The molecular weight excluding hydrogens is 308 g/mol. The molecule has 0 aliphatic heterocycles. The van der Waals surface area contributed by atoms with Crippen molar-refractivity contribution in [3.63, 3.8) is 0 Å². The Kier molecular flexibility index (Phi) is 5.40. The van der Waals surface area contributed by atoms with Crippen molar-refractivity contribution in [2.45, 2.75) is 19.9 Å². The van der Waals surface area contributed by atoms with Gasteiger partial charge in [0.25, 0.3) is 5.91 Å². The van der Waals surface area contributed by atoms with E-state index in [0.29, 0.717) is 15.9 Å². The Morgan fingerprint density at radius 2 is 2.18 bits per heavy atom. The van der Waals surface area contributed by atoms with Crippen LogP contribution in [0.2, 0.25) is 0 Å². The van der Waals surface area contributed by atoms with E-state index in [9.17, 15) is 9.18 Å². The second kappa shape index (κ2) is 6.36. The van der Waals surface area contributed by atoms with Gasteiger partial charge >= 0.3 is 0 Å². The molecule has 2 unspecified atom stereocenters. The van der Waals surface area contributed by atoms with Crippen LogP contribution in [0.15, 0.2) is 22.7 Å². The quantitative estimate of drug-likeness (QED) is 0.844. The molecule has 1 rings (SSSR count). The van der Waals surface area contributed by atoms with Gasteiger partial charge < -0.3 is 5.32 Å². The van der Waals surface area contributed by atoms with Crippen molar-refractivity contribution in [1.29, 1.82) is 0 Å². The van der Waals surface area contributed by atoms with Crippen molar-refractivity contribution in [2.75, 3.05) is 5.88 Å². The average Bonchev–Trinajstić information content (AvgIpc) is 2.30. The maximum Gasteiger partial charge on any atom is 0.252 e. The fourth-order valence-corrected chi connectivity index (χ4v) is 1.93. The molecule has 0 saturated heterocycles. The summed E-state index contributed by atoms with van der Waals surface area (Å²) in [6, 6.07) is 3.96. The predicted molar refractivity (Wildman–Crippen MR) is 70.9 cm³/mol. The SMILES string of the molecule is CC(CCl)C(C)NC(=O)c1cc(F)ccc1Br. The van der Waals surface area contributed by atoms with Gasteiger partial charge in [-0.1, -0.05) is 6.92 Å². The molecule has 0 bridgehead atoms. The van der Waals surface area contributed by atoms with E-state index in [1.54, 1.807) is 0 Å². The van der Waals surface area contributed by atoms with E-state index in [2.05, 4.69) is 21.2 Å². The van der Waals surface area contributed by atoms with Crippen LogP contribution >= 0.6 is 27.5 Å². The van der Waals surface area contributed by atoms with Crippen LogP contribution in [0.25, 0.3) is 0 Å². The zero-order valence-corrected chi connectivity index (χ0v) is 12.0. The topological polar surface area (TPSA) is 29.1 Å². The lowest BCUT2D eigenvalue weighted by atomic mass is 10.1. The zero-order valence-electron chi connectivity index (χ0n) is 9.64. The summed E-state index contributed by atoms with van der Waals surface area (Å²) < 4.78 is 13.6. The Morgan fingerprint density at radius 1 is 1.53 bits per heavy atom. The van der Waals surface area contributed by atoms with Gasteiger partial charge in [0.1, 0.15) is 5.82 Å². The Balaban J connectivity index is 2.79. The third-order valence-corrected chi connectivity index (χ3v) is 3.81. The number of alkyl halides is 1. The maximum atomic E-state index is 13.0. The Hall–Kier alpha value is -0.610. The summed E-state index contributed by atoms with van der Waals surface area (Å²) in [4.78, 5) is 11.9. The van der Waals surface area contributed by atoms with Gasteiger partial charge in [-0.05, 0) is 47.0 Å². The van der Waals surface area contributed by atoms with Gasteiger partial charge in [0.15, 0.2) is 0 Å². The first-order valence-corrected chi connectivity index (χ1v) is 6.60. The highest BCUT2D eigenvalue weighted by atomic mass is 79.9. The van der Waals surface area contributed by atoms with E-state index in [4.69, 9.17) is 11.6 Å². The molecule has 0 fully saturated rings. The van der Waals surface area contributed by atoms with Gasteiger partial charge in [0.2, 0.25) is 0 Å². The molecule has 0 aliphatic carbocycles.